The van der Waals surface area contributed by atoms with E-state index in [0.29, 0.717) is 0 Å². The molecule has 1 rings (SSSR count). The Labute approximate surface area is 129 Å². The fourth-order valence-corrected chi connectivity index (χ4v) is 2.36. The minimum absolute atomic E-state index is 0.116. The molecule has 124 valence electrons. The Kier molecular flexibility index (Phi) is 8.62. The summed E-state index contributed by atoms with van der Waals surface area (Å²) in [4.78, 5) is 34.2. The van der Waals surface area contributed by atoms with Crippen molar-refractivity contribution < 1.29 is 32.9 Å². The van der Waals surface area contributed by atoms with E-state index in [4.69, 9.17) is 4.74 Å². The molecule has 0 aromatic heterocycles. The summed E-state index contributed by atoms with van der Waals surface area (Å²) in [5.41, 5.74) is 0. The summed E-state index contributed by atoms with van der Waals surface area (Å²) in [6.07, 6.45) is 3.89. The molecule has 0 aromatic rings. The lowest BCUT2D eigenvalue weighted by molar-refractivity contribution is -0.158. The predicted molar refractivity (Wildman–Crippen MR) is 76.5 cm³/mol. The highest BCUT2D eigenvalue weighted by atomic mass is 31.1. The van der Waals surface area contributed by atoms with Crippen molar-refractivity contribution in [1.29, 1.82) is 0 Å². The second-order valence-corrected chi connectivity index (χ2v) is 6.09. The van der Waals surface area contributed by atoms with Crippen molar-refractivity contribution in [3.05, 3.63) is 0 Å². The lowest BCUT2D eigenvalue weighted by Crippen LogP contribution is -2.32. The summed E-state index contributed by atoms with van der Waals surface area (Å²) in [5.74, 6) is -0.916. The van der Waals surface area contributed by atoms with Crippen LogP contribution in [-0.4, -0.2) is 44.5 Å². The molecular weight excluding hydrogens is 313 g/mol. The van der Waals surface area contributed by atoms with Gasteiger partial charge in [-0.3, -0.25) is 9.59 Å². The number of alkyl carbamates (subject to hydrolysis) is 1. The smallest absolute Gasteiger partial charge is 0.428 e. The molecule has 0 radical (unpaired) electrons. The van der Waals surface area contributed by atoms with Gasteiger partial charge in [0.25, 0.3) is 0 Å². The number of ether oxygens (including phenoxy) is 2. The normalized spacial score (nSPS) is 15.8. The Morgan fingerprint density at radius 1 is 1.14 bits per heavy atom. The zero-order chi connectivity index (χ0) is 16.4. The van der Waals surface area contributed by atoms with Crippen molar-refractivity contribution in [2.45, 2.75) is 32.1 Å². The zero-order valence-corrected chi connectivity index (χ0v) is 13.4. The fourth-order valence-electron chi connectivity index (χ4n) is 2.03. The molecule has 22 heavy (non-hydrogen) atoms. The highest BCUT2D eigenvalue weighted by Crippen LogP contribution is 2.24. The first kappa shape index (κ1) is 18.5. The summed E-state index contributed by atoms with van der Waals surface area (Å²) in [5, 5.41) is 2.18. The third kappa shape index (κ3) is 8.05. The molecule has 1 aliphatic rings. The molecule has 8 nitrogen and oxygen atoms in total. The van der Waals surface area contributed by atoms with Crippen molar-refractivity contribution in [3.8, 4) is 0 Å². The average Bonchev–Trinajstić information content (AvgIpc) is 2.51. The van der Waals surface area contributed by atoms with E-state index >= 15 is 0 Å². The molecule has 1 atom stereocenters. The monoisotopic (exact) mass is 334 g/mol. The highest BCUT2D eigenvalue weighted by Gasteiger charge is 2.22. The second kappa shape index (κ2) is 10.2. The van der Waals surface area contributed by atoms with Gasteiger partial charge in [-0.05, 0) is 17.4 Å². The van der Waals surface area contributed by atoms with E-state index in [0.717, 1.165) is 32.1 Å². The molecular formula is C13H21NO7P+. The van der Waals surface area contributed by atoms with Gasteiger partial charge in [0, 0.05) is 0 Å². The van der Waals surface area contributed by atoms with Gasteiger partial charge in [-0.2, -0.15) is 0 Å². The Bertz CT molecular complexity index is 421. The highest BCUT2D eigenvalue weighted by molar-refractivity contribution is 7.38. The number of carbonyl (C=O) groups excluding carboxylic acids is 3. The summed E-state index contributed by atoms with van der Waals surface area (Å²) in [6.45, 7) is 0.193. The number of hydrogen-bond acceptors (Lipinski definition) is 7. The van der Waals surface area contributed by atoms with Crippen LogP contribution in [-0.2, 0) is 28.2 Å². The van der Waals surface area contributed by atoms with E-state index in [1.54, 1.807) is 0 Å². The van der Waals surface area contributed by atoms with Crippen LogP contribution in [0.3, 0.4) is 0 Å². The minimum Gasteiger partial charge on any atom is -0.428 e. The van der Waals surface area contributed by atoms with Gasteiger partial charge < -0.3 is 14.8 Å². The fraction of sp³-hybridized carbons (Fsp3) is 0.769. The Balaban J connectivity index is 2.08. The Morgan fingerprint density at radius 2 is 1.82 bits per heavy atom. The predicted octanol–water partition coefficient (Wildman–Crippen LogP) is 1.75. The molecule has 0 bridgehead atoms. The summed E-state index contributed by atoms with van der Waals surface area (Å²) in [6, 6.07) is 0. The molecule has 1 fully saturated rings. The van der Waals surface area contributed by atoms with Crippen LogP contribution >= 0.6 is 8.03 Å². The van der Waals surface area contributed by atoms with Gasteiger partial charge in [0.2, 0.25) is 6.79 Å². The molecule has 1 saturated carbocycles. The van der Waals surface area contributed by atoms with Gasteiger partial charge in [-0.15, -0.1) is 4.52 Å². The van der Waals surface area contributed by atoms with E-state index in [-0.39, 0.29) is 25.0 Å². The van der Waals surface area contributed by atoms with Gasteiger partial charge in [0.1, 0.15) is 0 Å². The van der Waals surface area contributed by atoms with Gasteiger partial charge in [0.15, 0.2) is 19.1 Å². The number of carbonyl (C=O) groups is 3. The average molecular weight is 334 g/mol. The lowest BCUT2D eigenvalue weighted by atomic mass is 9.89. The molecule has 0 aliphatic heterocycles. The first-order chi connectivity index (χ1) is 10.5. The third-order valence-electron chi connectivity index (χ3n) is 3.17. The van der Waals surface area contributed by atoms with Gasteiger partial charge >= 0.3 is 20.1 Å². The molecule has 1 aliphatic carbocycles. The maximum absolute atomic E-state index is 11.7. The molecule has 1 unspecified atom stereocenters. The number of rotatable bonds is 8. The Hall–Kier alpha value is -1.53. The quantitative estimate of drug-likeness (QED) is 0.409. The summed E-state index contributed by atoms with van der Waals surface area (Å²) in [7, 11) is -1.85. The SMILES string of the molecule is C[P+](=O)OCC(=O)CNC(=O)OCOC(=O)C1CCCCC1. The zero-order valence-electron chi connectivity index (χ0n) is 12.5. The summed E-state index contributed by atoms with van der Waals surface area (Å²) >= 11 is 0. The van der Waals surface area contributed by atoms with Crippen LogP contribution < -0.4 is 5.32 Å². The molecule has 0 saturated heterocycles. The largest absolute Gasteiger partial charge is 0.505 e. The van der Waals surface area contributed by atoms with Crippen LogP contribution in [0.5, 0.6) is 0 Å². The maximum Gasteiger partial charge on any atom is 0.505 e. The number of nitrogens with one attached hydrogen (secondary N) is 1. The molecule has 0 heterocycles. The third-order valence-corrected chi connectivity index (χ3v) is 3.66. The molecule has 0 aromatic carbocycles. The number of ketones is 1. The Morgan fingerprint density at radius 3 is 2.45 bits per heavy atom. The van der Waals surface area contributed by atoms with Gasteiger partial charge in [0.05, 0.1) is 12.5 Å². The van der Waals surface area contributed by atoms with E-state index in [9.17, 15) is 18.9 Å². The van der Waals surface area contributed by atoms with Crippen LogP contribution in [0.4, 0.5) is 4.79 Å². The number of esters is 1. The molecule has 0 spiro atoms. The van der Waals surface area contributed by atoms with Crippen molar-refractivity contribution in [2.75, 3.05) is 26.6 Å². The van der Waals surface area contributed by atoms with E-state index in [1.807, 2.05) is 0 Å². The molecule has 9 heteroatoms. The van der Waals surface area contributed by atoms with Crippen molar-refractivity contribution in [3.63, 3.8) is 0 Å². The topological polar surface area (TPSA) is 108 Å². The molecule has 1 amide bonds. The van der Waals surface area contributed by atoms with E-state index in [2.05, 4.69) is 14.6 Å². The number of hydrogen-bond donors (Lipinski definition) is 1. The van der Waals surface area contributed by atoms with E-state index in [1.165, 1.54) is 6.66 Å². The van der Waals surface area contributed by atoms with Crippen molar-refractivity contribution >= 4 is 25.9 Å². The first-order valence-corrected chi connectivity index (χ1v) is 8.74. The van der Waals surface area contributed by atoms with Crippen LogP contribution in [0.1, 0.15) is 32.1 Å². The minimum atomic E-state index is -1.85. The van der Waals surface area contributed by atoms with Crippen LogP contribution in [0, 0.1) is 5.92 Å². The van der Waals surface area contributed by atoms with Gasteiger partial charge in [-0.1, -0.05) is 19.3 Å². The number of amides is 1. The first-order valence-electron chi connectivity index (χ1n) is 7.11. The maximum atomic E-state index is 11.7. The van der Waals surface area contributed by atoms with E-state index < -0.39 is 26.7 Å². The van der Waals surface area contributed by atoms with Crippen molar-refractivity contribution in [2.24, 2.45) is 5.92 Å². The van der Waals surface area contributed by atoms with Crippen LogP contribution in [0.15, 0.2) is 0 Å². The summed E-state index contributed by atoms with van der Waals surface area (Å²) < 4.78 is 24.8. The molecule has 1 N–H and O–H groups in total. The van der Waals surface area contributed by atoms with Gasteiger partial charge in [-0.25, -0.2) is 4.79 Å². The van der Waals surface area contributed by atoms with Crippen molar-refractivity contribution in [1.82, 2.24) is 5.32 Å². The second-order valence-electron chi connectivity index (χ2n) is 4.95. The lowest BCUT2D eigenvalue weighted by Gasteiger charge is -2.19. The standard InChI is InChI=1S/C13H20NO7P/c1-22(18)21-8-11(15)7-14-13(17)20-9-19-12(16)10-5-3-2-4-6-10/h10H,2-9H2,1H3/p+1. The van der Waals surface area contributed by atoms with Crippen LogP contribution in [0.25, 0.3) is 0 Å². The van der Waals surface area contributed by atoms with Crippen LogP contribution in [0.2, 0.25) is 0 Å². The number of Topliss-reactive ketones (excluding diaryl/α,β-unsaturated/α-hetero) is 1.